The summed E-state index contributed by atoms with van der Waals surface area (Å²) in [6.45, 7) is 5.47. The van der Waals surface area contributed by atoms with Gasteiger partial charge in [0.1, 0.15) is 30.2 Å². The van der Waals surface area contributed by atoms with Gasteiger partial charge in [0.15, 0.2) is 0 Å². The Morgan fingerprint density at radius 2 is 1.40 bits per heavy atom. The maximum atomic E-state index is 13.1. The molecule has 144 valence electrons. The predicted octanol–water partition coefficient (Wildman–Crippen LogP) is -2.24. The highest BCUT2D eigenvalue weighted by Crippen LogP contribution is 2.51. The first kappa shape index (κ1) is 19.2. The van der Waals surface area contributed by atoms with Crippen molar-refractivity contribution < 1.29 is 30.3 Å². The van der Waals surface area contributed by atoms with Crippen LogP contribution in [0.5, 0.6) is 0 Å². The van der Waals surface area contributed by atoms with E-state index in [9.17, 15) is 25.2 Å². The molecule has 0 amide bonds. The fourth-order valence-electron chi connectivity index (χ4n) is 5.14. The molecule has 0 spiro atoms. The zero-order valence-corrected chi connectivity index (χ0v) is 14.9. The number of Topliss-reactive ketones (excluding diaryl/α,β-unsaturated/α-hetero) is 1. The van der Waals surface area contributed by atoms with Gasteiger partial charge in [-0.15, -0.1) is 0 Å². The van der Waals surface area contributed by atoms with Crippen LogP contribution in [0.4, 0.5) is 0 Å². The van der Waals surface area contributed by atoms with Gasteiger partial charge in [0.2, 0.25) is 0 Å². The van der Waals surface area contributed by atoms with Crippen LogP contribution in [0.1, 0.15) is 26.7 Å². The summed E-state index contributed by atoms with van der Waals surface area (Å²) in [7, 11) is 0. The summed E-state index contributed by atoms with van der Waals surface area (Å²) in [6, 6.07) is 0. The van der Waals surface area contributed by atoms with E-state index in [2.05, 4.69) is 0 Å². The van der Waals surface area contributed by atoms with Crippen LogP contribution >= 0.6 is 0 Å². The molecule has 4 bridgehead atoms. The van der Waals surface area contributed by atoms with Crippen LogP contribution in [-0.2, 0) is 4.79 Å². The van der Waals surface area contributed by atoms with Crippen molar-refractivity contribution in [3.63, 3.8) is 0 Å². The van der Waals surface area contributed by atoms with Gasteiger partial charge in [0.05, 0.1) is 23.6 Å². The lowest BCUT2D eigenvalue weighted by Crippen LogP contribution is -2.81. The molecule has 8 heteroatoms. The minimum absolute atomic E-state index is 0.321. The smallest absolute Gasteiger partial charge is 0.150 e. The highest BCUT2D eigenvalue weighted by molar-refractivity contribution is 5.93. The molecule has 0 saturated carbocycles. The molecule has 0 aromatic carbocycles. The number of ketones is 1. The number of nitrogens with zero attached hydrogens (tertiary/aromatic N) is 2. The molecule has 0 unspecified atom stereocenters. The molecule has 4 heterocycles. The Morgan fingerprint density at radius 3 is 1.76 bits per heavy atom. The summed E-state index contributed by atoms with van der Waals surface area (Å²) in [5, 5.41) is 49.4. The van der Waals surface area contributed by atoms with Crippen LogP contribution < -0.4 is 0 Å². The first-order chi connectivity index (χ1) is 11.7. The number of carbonyl (C=O) groups excluding carboxylic acids is 1. The maximum absolute atomic E-state index is 13.1. The molecule has 4 fully saturated rings. The highest BCUT2D eigenvalue weighted by atomic mass is 16.4. The van der Waals surface area contributed by atoms with Gasteiger partial charge in [0, 0.05) is 26.2 Å². The lowest BCUT2D eigenvalue weighted by molar-refractivity contribution is -0.234. The highest BCUT2D eigenvalue weighted by Gasteiger charge is 2.65. The van der Waals surface area contributed by atoms with E-state index in [0.717, 1.165) is 12.8 Å². The van der Waals surface area contributed by atoms with Crippen molar-refractivity contribution in [2.45, 2.75) is 57.3 Å². The third kappa shape index (κ3) is 2.66. The quantitative estimate of drug-likeness (QED) is 0.346. The van der Waals surface area contributed by atoms with Gasteiger partial charge in [-0.3, -0.25) is 14.6 Å². The van der Waals surface area contributed by atoms with Gasteiger partial charge >= 0.3 is 0 Å². The minimum Gasteiger partial charge on any atom is -0.394 e. The van der Waals surface area contributed by atoms with Crippen LogP contribution in [0.3, 0.4) is 0 Å². The molecule has 8 nitrogen and oxygen atoms in total. The van der Waals surface area contributed by atoms with E-state index in [1.807, 2.05) is 23.6 Å². The van der Waals surface area contributed by atoms with E-state index in [4.69, 9.17) is 5.11 Å². The molecular formula is C17H30N2O6. The standard InChI is InChI=1S/C17H30N2O6/c1-3-16-6-18-8-17(4-2,15(16)25)9-19(7-16)14(18)13(24)12(23)11(22)10(21)5-20/h10-14,20-24H,3-9H2,1-2H3/t10-,11-,12-,13-,14?,16?,17?/m0/s1. The summed E-state index contributed by atoms with van der Waals surface area (Å²) in [4.78, 5) is 17.1. The molecule has 25 heavy (non-hydrogen) atoms. The van der Waals surface area contributed by atoms with Crippen LogP contribution in [0.15, 0.2) is 0 Å². The minimum atomic E-state index is -1.64. The Hall–Kier alpha value is -0.610. The molecule has 4 atom stereocenters. The first-order valence-electron chi connectivity index (χ1n) is 9.11. The van der Waals surface area contributed by atoms with E-state index in [1.54, 1.807) is 0 Å². The van der Waals surface area contributed by atoms with Crippen LogP contribution in [-0.4, -0.2) is 104 Å². The van der Waals surface area contributed by atoms with Gasteiger partial charge < -0.3 is 25.5 Å². The molecule has 4 aliphatic heterocycles. The number of aliphatic hydroxyl groups is 5. The van der Waals surface area contributed by atoms with Crippen molar-refractivity contribution in [1.82, 2.24) is 9.80 Å². The Balaban J connectivity index is 1.84. The molecule has 4 rings (SSSR count). The molecule has 4 aliphatic rings. The molecule has 5 N–H and O–H groups in total. The average Bonchev–Trinajstić information content (AvgIpc) is 2.62. The monoisotopic (exact) mass is 358 g/mol. The average molecular weight is 358 g/mol. The predicted molar refractivity (Wildman–Crippen MR) is 88.5 cm³/mol. The topological polar surface area (TPSA) is 125 Å². The largest absolute Gasteiger partial charge is 0.394 e. The summed E-state index contributed by atoms with van der Waals surface area (Å²) < 4.78 is 0. The Morgan fingerprint density at radius 1 is 0.960 bits per heavy atom. The van der Waals surface area contributed by atoms with Crippen molar-refractivity contribution in [2.24, 2.45) is 10.8 Å². The van der Waals surface area contributed by atoms with Crippen LogP contribution in [0, 0.1) is 10.8 Å². The van der Waals surface area contributed by atoms with E-state index in [1.165, 1.54) is 0 Å². The normalized spacial score (nSPS) is 44.6. The second kappa shape index (κ2) is 6.53. The zero-order chi connectivity index (χ0) is 18.6. The second-order valence-corrected chi connectivity index (χ2v) is 8.04. The molecule has 0 aromatic rings. The molecule has 4 saturated heterocycles. The SMILES string of the molecule is CCC12CN3CC(CC)(CN(C1)C3[C@@H](O)[C@@H](O)[C@@H](O)[C@@H](O)CO)C2=O. The fourth-order valence-corrected chi connectivity index (χ4v) is 5.14. The van der Waals surface area contributed by atoms with Crippen molar-refractivity contribution in [3.05, 3.63) is 0 Å². The van der Waals surface area contributed by atoms with Gasteiger partial charge in [-0.1, -0.05) is 13.8 Å². The van der Waals surface area contributed by atoms with Gasteiger partial charge in [-0.05, 0) is 12.8 Å². The zero-order valence-electron chi connectivity index (χ0n) is 14.9. The third-order valence-corrected chi connectivity index (χ3v) is 6.67. The van der Waals surface area contributed by atoms with E-state index >= 15 is 0 Å². The van der Waals surface area contributed by atoms with Gasteiger partial charge in [0.25, 0.3) is 0 Å². The van der Waals surface area contributed by atoms with E-state index < -0.39 is 48.0 Å². The number of hydrogen-bond donors (Lipinski definition) is 5. The number of rotatable bonds is 7. The lowest BCUT2D eigenvalue weighted by Gasteiger charge is -2.67. The Bertz CT molecular complexity index is 487. The lowest BCUT2D eigenvalue weighted by atomic mass is 9.58. The van der Waals surface area contributed by atoms with Crippen LogP contribution in [0.25, 0.3) is 0 Å². The Labute approximate surface area is 147 Å². The number of hydrogen-bond acceptors (Lipinski definition) is 8. The maximum Gasteiger partial charge on any atom is 0.150 e. The second-order valence-electron chi connectivity index (χ2n) is 8.04. The van der Waals surface area contributed by atoms with E-state index in [-0.39, 0.29) is 0 Å². The van der Waals surface area contributed by atoms with E-state index in [0.29, 0.717) is 32.0 Å². The first-order valence-corrected chi connectivity index (χ1v) is 9.11. The Kier molecular flexibility index (Phi) is 5.00. The molecule has 0 aliphatic carbocycles. The van der Waals surface area contributed by atoms with Crippen molar-refractivity contribution in [2.75, 3.05) is 32.8 Å². The molecular weight excluding hydrogens is 328 g/mol. The van der Waals surface area contributed by atoms with Gasteiger partial charge in [-0.2, -0.15) is 0 Å². The number of aliphatic hydroxyl groups excluding tert-OH is 5. The number of piperidine rings is 2. The summed E-state index contributed by atoms with van der Waals surface area (Å²) in [5.41, 5.74) is -0.867. The van der Waals surface area contributed by atoms with Crippen molar-refractivity contribution in [3.8, 4) is 0 Å². The van der Waals surface area contributed by atoms with Crippen molar-refractivity contribution in [1.29, 1.82) is 0 Å². The fraction of sp³-hybridized carbons (Fsp3) is 0.941. The molecule has 0 aromatic heterocycles. The van der Waals surface area contributed by atoms with Crippen LogP contribution in [0.2, 0.25) is 0 Å². The third-order valence-electron chi connectivity index (χ3n) is 6.67. The van der Waals surface area contributed by atoms with Crippen molar-refractivity contribution >= 4 is 5.78 Å². The summed E-state index contributed by atoms with van der Waals surface area (Å²) >= 11 is 0. The molecule has 0 radical (unpaired) electrons. The van der Waals surface area contributed by atoms with Gasteiger partial charge in [-0.25, -0.2) is 0 Å². The summed E-state index contributed by atoms with van der Waals surface area (Å²) in [6.07, 6.45) is -5.10. The summed E-state index contributed by atoms with van der Waals surface area (Å²) in [5.74, 6) is 0.321. The number of carbonyl (C=O) groups is 1.